The highest BCUT2D eigenvalue weighted by molar-refractivity contribution is 7.85. The fourth-order valence-corrected chi connectivity index (χ4v) is 2.32. The van der Waals surface area contributed by atoms with Crippen molar-refractivity contribution < 1.29 is 28.0 Å². The van der Waals surface area contributed by atoms with E-state index in [2.05, 4.69) is 5.10 Å². The minimum Gasteiger partial charge on any atom is -0.477 e. The van der Waals surface area contributed by atoms with Crippen LogP contribution in [-0.4, -0.2) is 41.1 Å². The standard InChI is InChI=1S/C11H12N2O6S/c1-6-9(11(15)16)12-13(10(6)14)7-2-4-8(5-3-7)20(17,18)19/h2-6,10,14H,1H3,(H,15,16)(H,17,18,19). The number of hydrogen-bond donors (Lipinski definition) is 3. The normalized spacial score (nSPS) is 22.8. The van der Waals surface area contributed by atoms with Crippen molar-refractivity contribution in [2.75, 3.05) is 5.01 Å². The molecule has 0 spiro atoms. The van der Waals surface area contributed by atoms with Gasteiger partial charge in [0.05, 0.1) is 16.5 Å². The second-order valence-corrected chi connectivity index (χ2v) is 5.73. The third kappa shape index (κ3) is 2.50. The van der Waals surface area contributed by atoms with Gasteiger partial charge in [0.15, 0.2) is 11.9 Å². The van der Waals surface area contributed by atoms with Gasteiger partial charge in [-0.1, -0.05) is 6.92 Å². The lowest BCUT2D eigenvalue weighted by atomic mass is 10.1. The molecule has 3 N–H and O–H groups in total. The Kier molecular flexibility index (Phi) is 3.50. The van der Waals surface area contributed by atoms with Crippen LogP contribution in [0.1, 0.15) is 6.92 Å². The molecule has 1 aromatic rings. The van der Waals surface area contributed by atoms with Crippen molar-refractivity contribution in [1.29, 1.82) is 0 Å². The number of rotatable bonds is 3. The summed E-state index contributed by atoms with van der Waals surface area (Å²) >= 11 is 0. The molecule has 1 aromatic carbocycles. The Bertz CT molecular complexity index is 667. The second kappa shape index (κ2) is 4.85. The van der Waals surface area contributed by atoms with Gasteiger partial charge in [-0.3, -0.25) is 4.55 Å². The molecule has 0 radical (unpaired) electrons. The fraction of sp³-hybridized carbons (Fsp3) is 0.273. The van der Waals surface area contributed by atoms with Crippen LogP contribution in [0.15, 0.2) is 34.3 Å². The summed E-state index contributed by atoms with van der Waals surface area (Å²) in [6.07, 6.45) is -1.15. The summed E-state index contributed by atoms with van der Waals surface area (Å²) in [6, 6.07) is 4.90. The summed E-state index contributed by atoms with van der Waals surface area (Å²) in [5.41, 5.74) is 0.129. The molecule has 2 unspecified atom stereocenters. The molecule has 2 rings (SSSR count). The van der Waals surface area contributed by atoms with Crippen LogP contribution >= 0.6 is 0 Å². The van der Waals surface area contributed by atoms with Gasteiger partial charge in [0.25, 0.3) is 10.1 Å². The molecular formula is C11H12N2O6S. The number of carboxylic acids is 1. The van der Waals surface area contributed by atoms with Crippen LogP contribution in [0.3, 0.4) is 0 Å². The highest BCUT2D eigenvalue weighted by Gasteiger charge is 2.37. The maximum absolute atomic E-state index is 10.9. The van der Waals surface area contributed by atoms with Gasteiger partial charge in [-0.25, -0.2) is 9.80 Å². The Morgan fingerprint density at radius 1 is 1.30 bits per heavy atom. The maximum Gasteiger partial charge on any atom is 0.352 e. The number of carboxylic acid groups (broad SMARTS) is 1. The lowest BCUT2D eigenvalue weighted by Crippen LogP contribution is -2.32. The van der Waals surface area contributed by atoms with Gasteiger partial charge in [0.2, 0.25) is 0 Å². The van der Waals surface area contributed by atoms with Crippen molar-refractivity contribution >= 4 is 27.5 Å². The van der Waals surface area contributed by atoms with E-state index >= 15 is 0 Å². The number of aliphatic carboxylic acids is 1. The Labute approximate surface area is 114 Å². The van der Waals surface area contributed by atoms with E-state index in [9.17, 15) is 18.3 Å². The van der Waals surface area contributed by atoms with Gasteiger partial charge in [-0.15, -0.1) is 0 Å². The summed E-state index contributed by atoms with van der Waals surface area (Å²) in [6.45, 7) is 1.52. The third-order valence-corrected chi connectivity index (χ3v) is 3.83. The summed E-state index contributed by atoms with van der Waals surface area (Å²) in [7, 11) is -4.30. The molecule has 9 heteroatoms. The van der Waals surface area contributed by atoms with Gasteiger partial charge in [-0.05, 0) is 24.3 Å². The average Bonchev–Trinajstić information content (AvgIpc) is 2.66. The zero-order valence-electron chi connectivity index (χ0n) is 10.3. The van der Waals surface area contributed by atoms with Gasteiger partial charge in [0, 0.05) is 0 Å². The first kappa shape index (κ1) is 14.4. The molecule has 8 nitrogen and oxygen atoms in total. The van der Waals surface area contributed by atoms with Crippen LogP contribution in [0.2, 0.25) is 0 Å². The van der Waals surface area contributed by atoms with Gasteiger partial charge >= 0.3 is 5.97 Å². The number of benzene rings is 1. The summed E-state index contributed by atoms with van der Waals surface area (Å²) in [5.74, 6) is -1.91. The Hall–Kier alpha value is -1.97. The smallest absolute Gasteiger partial charge is 0.352 e. The van der Waals surface area contributed by atoms with Gasteiger partial charge in [0.1, 0.15) is 0 Å². The zero-order chi connectivity index (χ0) is 15.1. The van der Waals surface area contributed by atoms with E-state index in [0.29, 0.717) is 5.69 Å². The molecule has 2 atom stereocenters. The van der Waals surface area contributed by atoms with Crippen LogP contribution in [0.25, 0.3) is 0 Å². The van der Waals surface area contributed by atoms with Crippen molar-refractivity contribution in [3.8, 4) is 0 Å². The third-order valence-electron chi connectivity index (χ3n) is 2.96. The number of aliphatic hydroxyl groups excluding tert-OH is 1. The van der Waals surface area contributed by atoms with Crippen LogP contribution in [-0.2, 0) is 14.9 Å². The first-order chi connectivity index (χ1) is 9.21. The van der Waals surface area contributed by atoms with Gasteiger partial charge in [-0.2, -0.15) is 13.5 Å². The van der Waals surface area contributed by atoms with Crippen LogP contribution in [0.4, 0.5) is 5.69 Å². The maximum atomic E-state index is 10.9. The van der Waals surface area contributed by atoms with Crippen LogP contribution in [0.5, 0.6) is 0 Å². The molecule has 0 saturated carbocycles. The van der Waals surface area contributed by atoms with Crippen LogP contribution in [0, 0.1) is 5.92 Å². The summed E-state index contributed by atoms with van der Waals surface area (Å²) in [5, 5.41) is 23.8. The van der Waals surface area contributed by atoms with E-state index in [1.54, 1.807) is 0 Å². The van der Waals surface area contributed by atoms with Crippen molar-refractivity contribution in [2.45, 2.75) is 18.0 Å². The van der Waals surface area contributed by atoms with E-state index in [1.165, 1.54) is 19.1 Å². The Morgan fingerprint density at radius 2 is 1.85 bits per heavy atom. The molecule has 0 fully saturated rings. The summed E-state index contributed by atoms with van der Waals surface area (Å²) < 4.78 is 30.7. The molecule has 0 bridgehead atoms. The quantitative estimate of drug-likeness (QED) is 0.678. The average molecular weight is 300 g/mol. The number of hydrogen-bond acceptors (Lipinski definition) is 6. The lowest BCUT2D eigenvalue weighted by Gasteiger charge is -2.21. The molecule has 108 valence electrons. The Morgan fingerprint density at radius 3 is 2.25 bits per heavy atom. The molecule has 0 amide bonds. The highest BCUT2D eigenvalue weighted by atomic mass is 32.2. The molecule has 0 saturated heterocycles. The van der Waals surface area contributed by atoms with E-state index in [1.807, 2.05) is 0 Å². The minimum atomic E-state index is -4.30. The fourth-order valence-electron chi connectivity index (χ4n) is 1.84. The van der Waals surface area contributed by atoms with E-state index in [0.717, 1.165) is 17.1 Å². The highest BCUT2D eigenvalue weighted by Crippen LogP contribution is 2.27. The van der Waals surface area contributed by atoms with Crippen molar-refractivity contribution in [2.24, 2.45) is 11.0 Å². The van der Waals surface area contributed by atoms with Crippen molar-refractivity contribution in [3.63, 3.8) is 0 Å². The molecule has 0 aromatic heterocycles. The molecule has 20 heavy (non-hydrogen) atoms. The van der Waals surface area contributed by atoms with E-state index < -0.39 is 28.2 Å². The number of hydrazone groups is 1. The molecule has 1 aliphatic rings. The van der Waals surface area contributed by atoms with Gasteiger partial charge < -0.3 is 10.2 Å². The van der Waals surface area contributed by atoms with Crippen molar-refractivity contribution in [3.05, 3.63) is 24.3 Å². The summed E-state index contributed by atoms with van der Waals surface area (Å²) in [4.78, 5) is 10.6. The molecule has 0 aliphatic carbocycles. The number of anilines is 1. The van der Waals surface area contributed by atoms with Crippen molar-refractivity contribution in [1.82, 2.24) is 0 Å². The van der Waals surface area contributed by atoms with E-state index in [-0.39, 0.29) is 10.6 Å². The topological polar surface area (TPSA) is 128 Å². The molecule has 1 aliphatic heterocycles. The second-order valence-electron chi connectivity index (χ2n) is 4.31. The van der Waals surface area contributed by atoms with E-state index in [4.69, 9.17) is 9.66 Å². The predicted molar refractivity (Wildman–Crippen MR) is 69.0 cm³/mol. The first-order valence-electron chi connectivity index (χ1n) is 5.58. The monoisotopic (exact) mass is 300 g/mol. The number of nitrogens with zero attached hydrogens (tertiary/aromatic N) is 2. The number of aliphatic hydroxyl groups is 1. The molecular weight excluding hydrogens is 288 g/mol. The minimum absolute atomic E-state index is 0.184. The molecule has 1 heterocycles. The number of carbonyl (C=O) groups is 1. The lowest BCUT2D eigenvalue weighted by molar-refractivity contribution is -0.129. The SMILES string of the molecule is CC1C(C(=O)O)=NN(c2ccc(S(=O)(=O)O)cc2)C1O. The largest absolute Gasteiger partial charge is 0.477 e. The first-order valence-corrected chi connectivity index (χ1v) is 7.02. The zero-order valence-corrected chi connectivity index (χ0v) is 11.1. The predicted octanol–water partition coefficient (Wildman–Crippen LogP) is 0.148. The Balaban J connectivity index is 2.35. The van der Waals surface area contributed by atoms with Crippen LogP contribution < -0.4 is 5.01 Å².